The Morgan fingerprint density at radius 2 is 2.00 bits per heavy atom. The third-order valence-electron chi connectivity index (χ3n) is 2.21. The van der Waals surface area contributed by atoms with E-state index in [4.69, 9.17) is 11.6 Å². The van der Waals surface area contributed by atoms with Crippen LogP contribution in [0.2, 0.25) is 0 Å². The number of hydrogen-bond donors (Lipinski definition) is 0. The van der Waals surface area contributed by atoms with Gasteiger partial charge in [0, 0.05) is 25.9 Å². The van der Waals surface area contributed by atoms with Crippen LogP contribution in [-0.4, -0.2) is 23.7 Å². The van der Waals surface area contributed by atoms with E-state index in [1.807, 2.05) is 37.4 Å². The quantitative estimate of drug-likeness (QED) is 0.706. The van der Waals surface area contributed by atoms with Crippen LogP contribution in [0.25, 0.3) is 0 Å². The molecule has 1 rings (SSSR count). The lowest BCUT2D eigenvalue weighted by atomic mass is 10.2. The first-order chi connectivity index (χ1) is 7.24. The third kappa shape index (κ3) is 4.34. The molecule has 0 aliphatic carbocycles. The van der Waals surface area contributed by atoms with Crippen molar-refractivity contribution in [3.8, 4) is 0 Å². The van der Waals surface area contributed by atoms with Crippen LogP contribution in [0.3, 0.4) is 0 Å². The predicted octanol–water partition coefficient (Wildman–Crippen LogP) is 2.66. The van der Waals surface area contributed by atoms with Gasteiger partial charge < -0.3 is 4.90 Å². The number of rotatable bonds is 5. The van der Waals surface area contributed by atoms with Crippen molar-refractivity contribution < 1.29 is 4.79 Å². The van der Waals surface area contributed by atoms with Gasteiger partial charge in [-0.2, -0.15) is 0 Å². The smallest absolute Gasteiger partial charge is 0.222 e. The molecule has 2 nitrogen and oxygen atoms in total. The highest BCUT2D eigenvalue weighted by molar-refractivity contribution is 6.17. The summed E-state index contributed by atoms with van der Waals surface area (Å²) in [4.78, 5) is 13.3. The van der Waals surface area contributed by atoms with E-state index in [1.54, 1.807) is 4.90 Å². The molecule has 0 radical (unpaired) electrons. The van der Waals surface area contributed by atoms with Crippen molar-refractivity contribution in [1.82, 2.24) is 4.90 Å². The van der Waals surface area contributed by atoms with Gasteiger partial charge in [-0.05, 0) is 12.0 Å². The zero-order chi connectivity index (χ0) is 11.1. The Labute approximate surface area is 95.8 Å². The van der Waals surface area contributed by atoms with Crippen LogP contribution in [-0.2, 0) is 11.3 Å². The van der Waals surface area contributed by atoms with Gasteiger partial charge in [-0.1, -0.05) is 30.3 Å². The second-order valence-electron chi connectivity index (χ2n) is 3.53. The van der Waals surface area contributed by atoms with E-state index in [-0.39, 0.29) is 5.91 Å². The van der Waals surface area contributed by atoms with Gasteiger partial charge in [0.1, 0.15) is 0 Å². The maximum Gasteiger partial charge on any atom is 0.222 e. The lowest BCUT2D eigenvalue weighted by molar-refractivity contribution is -0.130. The second kappa shape index (κ2) is 6.46. The molecule has 0 aromatic heterocycles. The van der Waals surface area contributed by atoms with Crippen molar-refractivity contribution in [3.63, 3.8) is 0 Å². The molecular formula is C12H16ClNO. The Kier molecular flexibility index (Phi) is 5.19. The monoisotopic (exact) mass is 225 g/mol. The van der Waals surface area contributed by atoms with Crippen molar-refractivity contribution in [2.45, 2.75) is 19.4 Å². The second-order valence-corrected chi connectivity index (χ2v) is 3.91. The molecule has 3 heteroatoms. The minimum Gasteiger partial charge on any atom is -0.341 e. The molecule has 0 unspecified atom stereocenters. The molecule has 0 bridgehead atoms. The summed E-state index contributed by atoms with van der Waals surface area (Å²) in [6, 6.07) is 9.97. The molecule has 0 saturated heterocycles. The summed E-state index contributed by atoms with van der Waals surface area (Å²) in [5.41, 5.74) is 1.15. The number of hydrogen-bond acceptors (Lipinski definition) is 1. The Hall–Kier alpha value is -1.02. The highest BCUT2D eigenvalue weighted by Crippen LogP contribution is 2.05. The van der Waals surface area contributed by atoms with Crippen LogP contribution < -0.4 is 0 Å². The molecule has 1 amide bonds. The lowest BCUT2D eigenvalue weighted by Gasteiger charge is -2.16. The van der Waals surface area contributed by atoms with Gasteiger partial charge in [0.05, 0.1) is 0 Å². The molecule has 0 atom stereocenters. The van der Waals surface area contributed by atoms with Gasteiger partial charge in [0.25, 0.3) is 0 Å². The van der Waals surface area contributed by atoms with Crippen LogP contribution >= 0.6 is 11.6 Å². The van der Waals surface area contributed by atoms with E-state index >= 15 is 0 Å². The van der Waals surface area contributed by atoms with E-state index in [2.05, 4.69) is 0 Å². The van der Waals surface area contributed by atoms with Crippen LogP contribution in [0.1, 0.15) is 18.4 Å². The standard InChI is InChI=1S/C12H16ClNO/c1-14(12(15)8-5-9-13)10-11-6-3-2-4-7-11/h2-4,6-7H,5,8-10H2,1H3. The molecule has 0 saturated carbocycles. The largest absolute Gasteiger partial charge is 0.341 e. The first-order valence-corrected chi connectivity index (χ1v) is 5.61. The summed E-state index contributed by atoms with van der Waals surface area (Å²) in [6.07, 6.45) is 1.28. The Morgan fingerprint density at radius 3 is 2.60 bits per heavy atom. The topological polar surface area (TPSA) is 20.3 Å². The molecule has 1 aromatic carbocycles. The zero-order valence-electron chi connectivity index (χ0n) is 8.95. The van der Waals surface area contributed by atoms with Crippen molar-refractivity contribution in [2.24, 2.45) is 0 Å². The maximum absolute atomic E-state index is 11.6. The number of amides is 1. The number of alkyl halides is 1. The Balaban J connectivity index is 2.41. The molecular weight excluding hydrogens is 210 g/mol. The van der Waals surface area contributed by atoms with Gasteiger partial charge in [0.15, 0.2) is 0 Å². The summed E-state index contributed by atoms with van der Waals surface area (Å²) in [6.45, 7) is 0.669. The summed E-state index contributed by atoms with van der Waals surface area (Å²) in [5, 5.41) is 0. The van der Waals surface area contributed by atoms with E-state index in [0.29, 0.717) is 18.8 Å². The molecule has 0 aliphatic rings. The van der Waals surface area contributed by atoms with E-state index < -0.39 is 0 Å². The average molecular weight is 226 g/mol. The van der Waals surface area contributed by atoms with E-state index in [1.165, 1.54) is 0 Å². The molecule has 1 aromatic rings. The maximum atomic E-state index is 11.6. The average Bonchev–Trinajstić information content (AvgIpc) is 2.27. The first-order valence-electron chi connectivity index (χ1n) is 5.08. The number of carbonyl (C=O) groups excluding carboxylic acids is 1. The first kappa shape index (κ1) is 12.1. The van der Waals surface area contributed by atoms with Crippen LogP contribution in [0.5, 0.6) is 0 Å². The fourth-order valence-corrected chi connectivity index (χ4v) is 1.49. The van der Waals surface area contributed by atoms with Gasteiger partial charge in [0.2, 0.25) is 5.91 Å². The highest BCUT2D eigenvalue weighted by atomic mass is 35.5. The molecule has 82 valence electrons. The van der Waals surface area contributed by atoms with Crippen LogP contribution in [0.15, 0.2) is 30.3 Å². The van der Waals surface area contributed by atoms with Crippen molar-refractivity contribution in [2.75, 3.05) is 12.9 Å². The fourth-order valence-electron chi connectivity index (χ4n) is 1.35. The summed E-state index contributed by atoms with van der Waals surface area (Å²) in [5.74, 6) is 0.699. The van der Waals surface area contributed by atoms with Gasteiger partial charge in [-0.3, -0.25) is 4.79 Å². The molecule has 0 spiro atoms. The van der Waals surface area contributed by atoms with Crippen molar-refractivity contribution in [1.29, 1.82) is 0 Å². The summed E-state index contributed by atoms with van der Waals surface area (Å²) >= 11 is 5.54. The predicted molar refractivity (Wildman–Crippen MR) is 62.9 cm³/mol. The molecule has 0 N–H and O–H groups in total. The van der Waals surface area contributed by atoms with Gasteiger partial charge in [-0.25, -0.2) is 0 Å². The minimum absolute atomic E-state index is 0.152. The molecule has 15 heavy (non-hydrogen) atoms. The summed E-state index contributed by atoms with van der Waals surface area (Å²) in [7, 11) is 1.82. The number of halogens is 1. The third-order valence-corrected chi connectivity index (χ3v) is 2.48. The van der Waals surface area contributed by atoms with Gasteiger partial charge in [-0.15, -0.1) is 11.6 Å². The van der Waals surface area contributed by atoms with Gasteiger partial charge >= 0.3 is 0 Å². The number of benzene rings is 1. The fraction of sp³-hybridized carbons (Fsp3) is 0.417. The van der Waals surface area contributed by atoms with Crippen molar-refractivity contribution in [3.05, 3.63) is 35.9 Å². The van der Waals surface area contributed by atoms with Crippen molar-refractivity contribution >= 4 is 17.5 Å². The number of carbonyl (C=O) groups is 1. The summed E-state index contributed by atoms with van der Waals surface area (Å²) < 4.78 is 0. The Bertz CT molecular complexity index is 300. The highest BCUT2D eigenvalue weighted by Gasteiger charge is 2.07. The molecule has 0 fully saturated rings. The molecule has 0 heterocycles. The van der Waals surface area contributed by atoms with E-state index in [9.17, 15) is 4.79 Å². The zero-order valence-corrected chi connectivity index (χ0v) is 9.70. The minimum atomic E-state index is 0.152. The van der Waals surface area contributed by atoms with E-state index in [0.717, 1.165) is 12.0 Å². The SMILES string of the molecule is CN(Cc1ccccc1)C(=O)CCCCl. The van der Waals surface area contributed by atoms with Crippen LogP contribution in [0.4, 0.5) is 0 Å². The number of nitrogens with zero attached hydrogens (tertiary/aromatic N) is 1. The molecule has 0 aliphatic heterocycles. The Morgan fingerprint density at radius 1 is 1.33 bits per heavy atom. The lowest BCUT2D eigenvalue weighted by Crippen LogP contribution is -2.25. The van der Waals surface area contributed by atoms with Crippen LogP contribution in [0, 0.1) is 0 Å². The normalized spacial score (nSPS) is 10.0.